The Morgan fingerprint density at radius 2 is 1.66 bits per heavy atom. The quantitative estimate of drug-likeness (QED) is 0.474. The summed E-state index contributed by atoms with van der Waals surface area (Å²) >= 11 is 0. The average Bonchev–Trinajstić information content (AvgIpc) is 2.74. The van der Waals surface area contributed by atoms with E-state index in [2.05, 4.69) is 22.3 Å². The summed E-state index contributed by atoms with van der Waals surface area (Å²) in [6, 6.07) is 23.5. The van der Waals surface area contributed by atoms with E-state index in [1.807, 2.05) is 68.7 Å². The molecule has 0 aliphatic carbocycles. The first kappa shape index (κ1) is 18.6. The number of anilines is 3. The molecule has 5 heteroatoms. The van der Waals surface area contributed by atoms with Crippen molar-refractivity contribution >= 4 is 33.9 Å². The van der Waals surface area contributed by atoms with Crippen molar-refractivity contribution in [2.45, 2.75) is 6.92 Å². The van der Waals surface area contributed by atoms with Gasteiger partial charge in [0, 0.05) is 42.0 Å². The number of carbonyl (C=O) groups is 1. The van der Waals surface area contributed by atoms with Crippen LogP contribution < -0.4 is 10.2 Å². The molecule has 0 saturated heterocycles. The van der Waals surface area contributed by atoms with E-state index in [1.165, 1.54) is 0 Å². The van der Waals surface area contributed by atoms with E-state index in [4.69, 9.17) is 9.97 Å². The molecule has 0 atom stereocenters. The van der Waals surface area contributed by atoms with Crippen LogP contribution in [-0.2, 0) is 0 Å². The largest absolute Gasteiger partial charge is 0.378 e. The second kappa shape index (κ2) is 7.72. The van der Waals surface area contributed by atoms with Gasteiger partial charge in [0.2, 0.25) is 0 Å². The molecule has 29 heavy (non-hydrogen) atoms. The average molecular weight is 382 g/mol. The molecule has 4 rings (SSSR count). The molecular formula is C24H22N4O. The highest BCUT2D eigenvalue weighted by Crippen LogP contribution is 2.28. The first-order valence-electron chi connectivity index (χ1n) is 9.44. The van der Waals surface area contributed by atoms with Crippen LogP contribution in [0.2, 0.25) is 0 Å². The van der Waals surface area contributed by atoms with Gasteiger partial charge in [-0.15, -0.1) is 0 Å². The van der Waals surface area contributed by atoms with Gasteiger partial charge in [0.1, 0.15) is 5.82 Å². The summed E-state index contributed by atoms with van der Waals surface area (Å²) in [5.41, 5.74) is 4.38. The Bertz CT molecular complexity index is 1180. The molecule has 1 heterocycles. The lowest BCUT2D eigenvalue weighted by Gasteiger charge is -2.14. The summed E-state index contributed by atoms with van der Waals surface area (Å²) < 4.78 is 0. The number of ketones is 1. The number of fused-ring (bicyclic) bond motifs is 1. The molecule has 0 radical (unpaired) electrons. The lowest BCUT2D eigenvalue weighted by atomic mass is 10.1. The SMILES string of the molecule is CC(=O)c1cccc(-c2nc(Nc3ccc(N(C)C)cc3)c3ccccc3n2)c1. The lowest BCUT2D eigenvalue weighted by molar-refractivity contribution is 0.101. The third kappa shape index (κ3) is 3.94. The van der Waals surface area contributed by atoms with Crippen molar-refractivity contribution < 1.29 is 4.79 Å². The van der Waals surface area contributed by atoms with Gasteiger partial charge in [-0.1, -0.05) is 30.3 Å². The van der Waals surface area contributed by atoms with Gasteiger partial charge < -0.3 is 10.2 Å². The Hall–Kier alpha value is -3.73. The minimum Gasteiger partial charge on any atom is -0.378 e. The smallest absolute Gasteiger partial charge is 0.162 e. The molecule has 3 aromatic carbocycles. The van der Waals surface area contributed by atoms with Crippen molar-refractivity contribution in [1.29, 1.82) is 0 Å². The van der Waals surface area contributed by atoms with Gasteiger partial charge in [0.15, 0.2) is 11.6 Å². The maximum absolute atomic E-state index is 11.8. The van der Waals surface area contributed by atoms with Crippen LogP contribution in [-0.4, -0.2) is 29.8 Å². The van der Waals surface area contributed by atoms with Crippen LogP contribution in [0.4, 0.5) is 17.2 Å². The maximum atomic E-state index is 11.8. The van der Waals surface area contributed by atoms with Gasteiger partial charge in [-0.25, -0.2) is 9.97 Å². The molecule has 0 spiro atoms. The van der Waals surface area contributed by atoms with Crippen LogP contribution in [0.3, 0.4) is 0 Å². The van der Waals surface area contributed by atoms with E-state index in [-0.39, 0.29) is 5.78 Å². The number of nitrogens with zero attached hydrogens (tertiary/aromatic N) is 3. The molecule has 0 unspecified atom stereocenters. The highest BCUT2D eigenvalue weighted by atomic mass is 16.1. The van der Waals surface area contributed by atoms with Gasteiger partial charge in [0.25, 0.3) is 0 Å². The number of benzene rings is 3. The van der Waals surface area contributed by atoms with Crippen molar-refractivity contribution in [2.24, 2.45) is 0 Å². The number of rotatable bonds is 5. The third-order valence-corrected chi connectivity index (χ3v) is 4.78. The molecule has 0 bridgehead atoms. The van der Waals surface area contributed by atoms with E-state index in [9.17, 15) is 4.79 Å². The molecule has 0 saturated carbocycles. The zero-order valence-corrected chi connectivity index (χ0v) is 16.7. The Labute approximate surface area is 170 Å². The Morgan fingerprint density at radius 3 is 2.38 bits per heavy atom. The van der Waals surface area contributed by atoms with Gasteiger partial charge >= 0.3 is 0 Å². The van der Waals surface area contributed by atoms with Gasteiger partial charge in [-0.3, -0.25) is 4.79 Å². The number of nitrogens with one attached hydrogen (secondary N) is 1. The molecule has 1 aromatic heterocycles. The second-order valence-corrected chi connectivity index (χ2v) is 7.12. The van der Waals surface area contributed by atoms with Crippen LogP contribution in [0.5, 0.6) is 0 Å². The number of aromatic nitrogens is 2. The van der Waals surface area contributed by atoms with E-state index in [0.717, 1.165) is 33.7 Å². The molecule has 1 N–H and O–H groups in total. The van der Waals surface area contributed by atoms with Crippen LogP contribution in [0, 0.1) is 0 Å². The summed E-state index contributed by atoms with van der Waals surface area (Å²) in [7, 11) is 4.03. The highest BCUT2D eigenvalue weighted by Gasteiger charge is 2.11. The fourth-order valence-electron chi connectivity index (χ4n) is 3.16. The van der Waals surface area contributed by atoms with E-state index in [0.29, 0.717) is 11.4 Å². The lowest BCUT2D eigenvalue weighted by Crippen LogP contribution is -2.08. The molecule has 144 valence electrons. The summed E-state index contributed by atoms with van der Waals surface area (Å²) in [4.78, 5) is 23.3. The first-order chi connectivity index (χ1) is 14.0. The van der Waals surface area contributed by atoms with Crippen molar-refractivity contribution in [2.75, 3.05) is 24.3 Å². The molecule has 0 aliphatic rings. The predicted octanol–water partition coefficient (Wildman–Crippen LogP) is 5.31. The molecular weight excluding hydrogens is 360 g/mol. The Kier molecular flexibility index (Phi) is 4.96. The van der Waals surface area contributed by atoms with Crippen molar-refractivity contribution in [3.05, 3.63) is 78.4 Å². The monoisotopic (exact) mass is 382 g/mol. The van der Waals surface area contributed by atoms with Crippen LogP contribution in [0.25, 0.3) is 22.3 Å². The Morgan fingerprint density at radius 1 is 0.897 bits per heavy atom. The normalized spacial score (nSPS) is 10.7. The van der Waals surface area contributed by atoms with Crippen LogP contribution in [0.15, 0.2) is 72.8 Å². The van der Waals surface area contributed by atoms with E-state index < -0.39 is 0 Å². The summed E-state index contributed by atoms with van der Waals surface area (Å²) in [6.07, 6.45) is 0. The maximum Gasteiger partial charge on any atom is 0.162 e. The third-order valence-electron chi connectivity index (χ3n) is 4.78. The van der Waals surface area contributed by atoms with Crippen LogP contribution >= 0.6 is 0 Å². The van der Waals surface area contributed by atoms with E-state index >= 15 is 0 Å². The second-order valence-electron chi connectivity index (χ2n) is 7.12. The van der Waals surface area contributed by atoms with Gasteiger partial charge in [-0.05, 0) is 49.4 Å². The number of para-hydroxylation sites is 1. The molecule has 4 aromatic rings. The summed E-state index contributed by atoms with van der Waals surface area (Å²) in [5, 5.41) is 4.36. The zero-order chi connectivity index (χ0) is 20.4. The minimum absolute atomic E-state index is 0.0203. The number of Topliss-reactive ketones (excluding diaryl/α,β-unsaturated/α-hetero) is 1. The number of hydrogen-bond acceptors (Lipinski definition) is 5. The molecule has 0 amide bonds. The van der Waals surface area contributed by atoms with Gasteiger partial charge in [-0.2, -0.15) is 0 Å². The minimum atomic E-state index is 0.0203. The van der Waals surface area contributed by atoms with Crippen molar-refractivity contribution in [3.63, 3.8) is 0 Å². The number of hydrogen-bond donors (Lipinski definition) is 1. The topological polar surface area (TPSA) is 58.1 Å². The predicted molar refractivity (Wildman–Crippen MR) is 119 cm³/mol. The van der Waals surface area contributed by atoms with Crippen molar-refractivity contribution in [1.82, 2.24) is 9.97 Å². The highest BCUT2D eigenvalue weighted by molar-refractivity contribution is 5.96. The fraction of sp³-hybridized carbons (Fsp3) is 0.125. The van der Waals surface area contributed by atoms with E-state index in [1.54, 1.807) is 13.0 Å². The van der Waals surface area contributed by atoms with Crippen molar-refractivity contribution in [3.8, 4) is 11.4 Å². The molecule has 5 nitrogen and oxygen atoms in total. The van der Waals surface area contributed by atoms with Crippen LogP contribution in [0.1, 0.15) is 17.3 Å². The standard InChI is InChI=1S/C24H22N4O/c1-16(29)17-7-6-8-18(15-17)23-26-22-10-5-4-9-21(22)24(27-23)25-19-11-13-20(14-12-19)28(2)3/h4-15H,1-3H3,(H,25,26,27). The Balaban J connectivity index is 1.79. The van der Waals surface area contributed by atoms with Gasteiger partial charge in [0.05, 0.1) is 5.52 Å². The fourth-order valence-corrected chi connectivity index (χ4v) is 3.16. The zero-order valence-electron chi connectivity index (χ0n) is 16.7. The molecule has 0 aliphatic heterocycles. The summed E-state index contributed by atoms with van der Waals surface area (Å²) in [6.45, 7) is 1.56. The summed E-state index contributed by atoms with van der Waals surface area (Å²) in [5.74, 6) is 1.34. The number of carbonyl (C=O) groups excluding carboxylic acids is 1. The molecule has 0 fully saturated rings. The first-order valence-corrected chi connectivity index (χ1v) is 9.44.